The molecule has 22 heavy (non-hydrogen) atoms. The molecular weight excluding hydrogens is 300 g/mol. The Morgan fingerprint density at radius 2 is 2.05 bits per heavy atom. The van der Waals surface area contributed by atoms with E-state index in [0.29, 0.717) is 5.02 Å². The van der Waals surface area contributed by atoms with Crippen LogP contribution in [0.15, 0.2) is 48.7 Å². The number of aromatic nitrogens is 1. The Hall–Kier alpha value is -2.46. The maximum absolute atomic E-state index is 11.8. The highest BCUT2D eigenvalue weighted by Crippen LogP contribution is 2.32. The number of hydrogen-bond acceptors (Lipinski definition) is 3. The number of nitrogens with zero attached hydrogens (tertiary/aromatic N) is 1. The number of hydrogen-bond donors (Lipinski definition) is 1. The molecule has 0 saturated heterocycles. The lowest BCUT2D eigenvalue weighted by Crippen LogP contribution is -2.02. The van der Waals surface area contributed by atoms with Gasteiger partial charge in [-0.05, 0) is 36.4 Å². The fraction of sp³-hybridized carbons (Fsp3) is 0.118. The topological polar surface area (TPSA) is 43.3 Å². The maximum Gasteiger partial charge on any atom is 0.228 e. The number of carbonyl (C=O) groups is 1. The van der Waals surface area contributed by atoms with Crippen LogP contribution in [-0.2, 0) is 0 Å². The molecule has 0 radical (unpaired) electrons. The van der Waals surface area contributed by atoms with Crippen LogP contribution in [0.25, 0.3) is 10.9 Å². The molecule has 0 amide bonds. The lowest BCUT2D eigenvalue weighted by Gasteiger charge is -2.06. The molecule has 3 rings (SSSR count). The van der Waals surface area contributed by atoms with Crippen LogP contribution in [0.5, 0.6) is 5.75 Å². The van der Waals surface area contributed by atoms with Crippen LogP contribution in [0, 0.1) is 0 Å². The van der Waals surface area contributed by atoms with Crippen LogP contribution in [0.2, 0.25) is 5.02 Å². The number of fused-ring (bicyclic) bond motifs is 1. The second-order valence-electron chi connectivity index (χ2n) is 4.95. The first-order chi connectivity index (χ1) is 10.6. The summed E-state index contributed by atoms with van der Waals surface area (Å²) in [6.45, 7) is 1.53. The average molecular weight is 315 g/mol. The Bertz CT molecular complexity index is 855. The van der Waals surface area contributed by atoms with Crippen molar-refractivity contribution in [2.24, 2.45) is 0 Å². The number of ether oxygens (including phenoxy) is 1. The Balaban J connectivity index is 2.13. The monoisotopic (exact) mass is 314 g/mol. The highest BCUT2D eigenvalue weighted by atomic mass is 35.5. The standard InChI is InChI=1S/C17H15ClN2O2/c1-11(21)20-10-16(19-13-5-3-4-12(18)8-13)15-9-14(22-2)6-7-17(15)20/h3-10,19H,1-2H3. The molecule has 5 heteroatoms. The zero-order chi connectivity index (χ0) is 15.7. The molecule has 2 aromatic carbocycles. The molecule has 112 valence electrons. The van der Waals surface area contributed by atoms with Gasteiger partial charge in [0.1, 0.15) is 5.75 Å². The van der Waals surface area contributed by atoms with Crippen LogP contribution in [0.3, 0.4) is 0 Å². The second-order valence-corrected chi connectivity index (χ2v) is 5.39. The van der Waals surface area contributed by atoms with Crippen molar-refractivity contribution in [3.05, 3.63) is 53.7 Å². The Morgan fingerprint density at radius 1 is 1.23 bits per heavy atom. The van der Waals surface area contributed by atoms with Crippen molar-refractivity contribution in [1.29, 1.82) is 0 Å². The fourth-order valence-corrected chi connectivity index (χ4v) is 2.61. The predicted molar refractivity (Wildman–Crippen MR) is 89.5 cm³/mol. The average Bonchev–Trinajstić information content (AvgIpc) is 2.85. The van der Waals surface area contributed by atoms with E-state index in [9.17, 15) is 4.79 Å². The van der Waals surface area contributed by atoms with E-state index < -0.39 is 0 Å². The van der Waals surface area contributed by atoms with Gasteiger partial charge < -0.3 is 10.1 Å². The van der Waals surface area contributed by atoms with Gasteiger partial charge in [0.05, 0.1) is 18.3 Å². The van der Waals surface area contributed by atoms with Gasteiger partial charge in [-0.2, -0.15) is 0 Å². The molecule has 0 saturated carbocycles. The maximum atomic E-state index is 11.8. The zero-order valence-corrected chi connectivity index (χ0v) is 13.0. The van der Waals surface area contributed by atoms with Gasteiger partial charge in [0.15, 0.2) is 0 Å². The summed E-state index contributed by atoms with van der Waals surface area (Å²) in [5, 5.41) is 4.86. The third kappa shape index (κ3) is 2.65. The molecule has 0 spiro atoms. The number of nitrogens with one attached hydrogen (secondary N) is 1. The molecule has 0 atom stereocenters. The SMILES string of the molecule is COc1ccc2c(c1)c(Nc1cccc(Cl)c1)cn2C(C)=O. The summed E-state index contributed by atoms with van der Waals surface area (Å²) < 4.78 is 6.89. The molecule has 0 aliphatic heterocycles. The highest BCUT2D eigenvalue weighted by molar-refractivity contribution is 6.30. The van der Waals surface area contributed by atoms with Gasteiger partial charge in [-0.1, -0.05) is 17.7 Å². The molecule has 0 unspecified atom stereocenters. The van der Waals surface area contributed by atoms with Gasteiger partial charge in [0.25, 0.3) is 0 Å². The number of halogens is 1. The van der Waals surface area contributed by atoms with Gasteiger partial charge in [0, 0.05) is 29.2 Å². The first-order valence-corrected chi connectivity index (χ1v) is 7.19. The van der Waals surface area contributed by atoms with Crippen LogP contribution in [0.1, 0.15) is 11.7 Å². The number of carbonyl (C=O) groups excluding carboxylic acids is 1. The van der Waals surface area contributed by atoms with E-state index in [1.807, 2.05) is 42.5 Å². The molecule has 4 nitrogen and oxygen atoms in total. The van der Waals surface area contributed by atoms with Crippen molar-refractivity contribution >= 4 is 39.8 Å². The molecule has 1 heterocycles. The van der Waals surface area contributed by atoms with Crippen molar-refractivity contribution in [3.8, 4) is 5.75 Å². The molecule has 0 bridgehead atoms. The number of anilines is 2. The molecule has 1 aromatic heterocycles. The predicted octanol–water partition coefficient (Wildman–Crippen LogP) is 4.71. The first kappa shape index (κ1) is 14.5. The van der Waals surface area contributed by atoms with Crippen molar-refractivity contribution in [2.45, 2.75) is 6.92 Å². The summed E-state index contributed by atoms with van der Waals surface area (Å²) in [6, 6.07) is 13.1. The quantitative estimate of drug-likeness (QED) is 0.761. The van der Waals surface area contributed by atoms with Crippen LogP contribution < -0.4 is 10.1 Å². The van der Waals surface area contributed by atoms with Gasteiger partial charge >= 0.3 is 0 Å². The summed E-state index contributed by atoms with van der Waals surface area (Å²) >= 11 is 6.01. The largest absolute Gasteiger partial charge is 0.497 e. The van der Waals surface area contributed by atoms with E-state index in [4.69, 9.17) is 16.3 Å². The van der Waals surface area contributed by atoms with E-state index in [2.05, 4.69) is 5.32 Å². The van der Waals surface area contributed by atoms with Gasteiger partial charge in [-0.25, -0.2) is 0 Å². The second kappa shape index (κ2) is 5.73. The first-order valence-electron chi connectivity index (χ1n) is 6.81. The van der Waals surface area contributed by atoms with Crippen molar-refractivity contribution in [3.63, 3.8) is 0 Å². The summed E-state index contributed by atoms with van der Waals surface area (Å²) in [6.07, 6.45) is 1.79. The highest BCUT2D eigenvalue weighted by Gasteiger charge is 2.12. The molecule has 3 aromatic rings. The molecule has 0 aliphatic carbocycles. The smallest absolute Gasteiger partial charge is 0.228 e. The molecular formula is C17H15ClN2O2. The van der Waals surface area contributed by atoms with Gasteiger partial charge in [0.2, 0.25) is 5.91 Å². The summed E-state index contributed by atoms with van der Waals surface area (Å²) in [5.41, 5.74) is 2.52. The van der Waals surface area contributed by atoms with Crippen LogP contribution in [0.4, 0.5) is 11.4 Å². The number of methoxy groups -OCH3 is 1. The van der Waals surface area contributed by atoms with E-state index in [1.165, 1.54) is 6.92 Å². The molecule has 0 aliphatic rings. The fourth-order valence-electron chi connectivity index (χ4n) is 2.42. The minimum Gasteiger partial charge on any atom is -0.497 e. The van der Waals surface area contributed by atoms with Crippen LogP contribution >= 0.6 is 11.6 Å². The van der Waals surface area contributed by atoms with Crippen LogP contribution in [-0.4, -0.2) is 17.6 Å². The normalized spacial score (nSPS) is 10.7. The Labute approximate surface area is 133 Å². The lowest BCUT2D eigenvalue weighted by molar-refractivity contribution is 0.0942. The van der Waals surface area contributed by atoms with Gasteiger partial charge in [-0.3, -0.25) is 9.36 Å². The van der Waals surface area contributed by atoms with E-state index in [-0.39, 0.29) is 5.91 Å². The number of benzene rings is 2. The number of rotatable bonds is 3. The molecule has 0 fully saturated rings. The zero-order valence-electron chi connectivity index (χ0n) is 12.3. The van der Waals surface area contributed by atoms with Crippen molar-refractivity contribution in [2.75, 3.05) is 12.4 Å². The minimum absolute atomic E-state index is 0.0469. The van der Waals surface area contributed by atoms with E-state index >= 15 is 0 Å². The summed E-state index contributed by atoms with van der Waals surface area (Å²) in [4.78, 5) is 11.8. The van der Waals surface area contributed by atoms with E-state index in [0.717, 1.165) is 28.0 Å². The third-order valence-corrected chi connectivity index (χ3v) is 3.69. The summed E-state index contributed by atoms with van der Waals surface area (Å²) in [7, 11) is 1.62. The Kier molecular flexibility index (Phi) is 3.77. The minimum atomic E-state index is -0.0469. The Morgan fingerprint density at radius 3 is 2.73 bits per heavy atom. The van der Waals surface area contributed by atoms with E-state index in [1.54, 1.807) is 17.9 Å². The van der Waals surface area contributed by atoms with Crippen molar-refractivity contribution in [1.82, 2.24) is 4.57 Å². The van der Waals surface area contributed by atoms with Gasteiger partial charge in [-0.15, -0.1) is 0 Å². The van der Waals surface area contributed by atoms with Crippen molar-refractivity contribution < 1.29 is 9.53 Å². The lowest BCUT2D eigenvalue weighted by atomic mass is 10.2. The molecule has 1 N–H and O–H groups in total. The summed E-state index contributed by atoms with van der Waals surface area (Å²) in [5.74, 6) is 0.692. The third-order valence-electron chi connectivity index (χ3n) is 3.45.